The van der Waals surface area contributed by atoms with E-state index in [1.165, 1.54) is 0 Å². The van der Waals surface area contributed by atoms with Gasteiger partial charge in [-0.15, -0.1) is 0 Å². The van der Waals surface area contributed by atoms with Crippen molar-refractivity contribution in [3.8, 4) is 0 Å². The normalized spacial score (nSPS) is 10.1. The SMILES string of the molecule is O=C(O)CC(=O)C(F)(F)F.[Cu]. The van der Waals surface area contributed by atoms with Gasteiger partial charge in [-0.25, -0.2) is 0 Å². The van der Waals surface area contributed by atoms with Crippen LogP contribution in [0.15, 0.2) is 0 Å². The molecule has 0 aromatic carbocycles. The number of rotatable bonds is 2. The predicted molar refractivity (Wildman–Crippen MR) is 23.3 cm³/mol. The first kappa shape index (κ1) is 13.1. The first-order valence-electron chi connectivity index (χ1n) is 2.16. The summed E-state index contributed by atoms with van der Waals surface area (Å²) >= 11 is 0. The molecule has 0 rings (SSSR count). The van der Waals surface area contributed by atoms with Crippen LogP contribution in [-0.2, 0) is 26.7 Å². The van der Waals surface area contributed by atoms with E-state index in [-0.39, 0.29) is 17.1 Å². The number of carboxylic acid groups (broad SMARTS) is 1. The van der Waals surface area contributed by atoms with E-state index in [9.17, 15) is 22.8 Å². The summed E-state index contributed by atoms with van der Waals surface area (Å²) in [6.45, 7) is 0. The first-order chi connectivity index (χ1) is 4.34. The number of halogens is 3. The van der Waals surface area contributed by atoms with Gasteiger partial charge in [-0.05, 0) is 0 Å². The largest absolute Gasteiger partial charge is 0.481 e. The molecule has 0 saturated carbocycles. The average molecular weight is 220 g/mol. The Morgan fingerprint density at radius 2 is 1.64 bits per heavy atom. The summed E-state index contributed by atoms with van der Waals surface area (Å²) < 4.78 is 33.6. The maximum Gasteiger partial charge on any atom is 0.450 e. The molecule has 0 spiro atoms. The third kappa shape index (κ3) is 5.87. The van der Waals surface area contributed by atoms with Gasteiger partial charge in [-0.3, -0.25) is 9.59 Å². The molecule has 3 nitrogen and oxygen atoms in total. The Morgan fingerprint density at radius 1 is 1.27 bits per heavy atom. The molecule has 0 unspecified atom stereocenters. The summed E-state index contributed by atoms with van der Waals surface area (Å²) in [5, 5.41) is 7.73. The van der Waals surface area contributed by atoms with Crippen molar-refractivity contribution in [1.29, 1.82) is 0 Å². The molecule has 7 heteroatoms. The number of hydrogen-bond acceptors (Lipinski definition) is 2. The van der Waals surface area contributed by atoms with Crippen molar-refractivity contribution in [2.45, 2.75) is 12.6 Å². The quantitative estimate of drug-likeness (QED) is 0.546. The Morgan fingerprint density at radius 3 is 1.73 bits per heavy atom. The van der Waals surface area contributed by atoms with Crippen LogP contribution >= 0.6 is 0 Å². The number of ketones is 1. The van der Waals surface area contributed by atoms with Crippen molar-refractivity contribution in [2.24, 2.45) is 0 Å². The van der Waals surface area contributed by atoms with Gasteiger partial charge in [0.1, 0.15) is 6.42 Å². The molecule has 1 radical (unpaired) electrons. The van der Waals surface area contributed by atoms with Crippen LogP contribution in [0, 0.1) is 0 Å². The molecule has 1 N–H and O–H groups in total. The van der Waals surface area contributed by atoms with Crippen LogP contribution in [0.25, 0.3) is 0 Å². The Kier molecular flexibility index (Phi) is 5.17. The summed E-state index contributed by atoms with van der Waals surface area (Å²) in [7, 11) is 0. The van der Waals surface area contributed by atoms with Crippen LogP contribution in [0.4, 0.5) is 13.2 Å². The summed E-state index contributed by atoms with van der Waals surface area (Å²) in [5.74, 6) is -4.01. The van der Waals surface area contributed by atoms with Crippen molar-refractivity contribution in [1.82, 2.24) is 0 Å². The second-order valence-electron chi connectivity index (χ2n) is 1.49. The zero-order valence-corrected chi connectivity index (χ0v) is 5.85. The van der Waals surface area contributed by atoms with Crippen LogP contribution in [-0.4, -0.2) is 23.0 Å². The summed E-state index contributed by atoms with van der Waals surface area (Å²) in [6.07, 6.45) is -6.53. The standard InChI is InChI=1S/C4H3F3O3.Cu/c5-4(6,7)2(8)1-3(9)10;/h1H2,(H,9,10);. The number of Topliss-reactive ketones (excluding diaryl/α,β-unsaturated/α-hetero) is 1. The van der Waals surface area contributed by atoms with Gasteiger partial charge in [0.2, 0.25) is 5.78 Å². The fourth-order valence-corrected chi connectivity index (χ4v) is 0.238. The second-order valence-corrected chi connectivity index (χ2v) is 1.49. The number of carbonyl (C=O) groups is 2. The number of carboxylic acids is 1. The second kappa shape index (κ2) is 4.35. The summed E-state index contributed by atoms with van der Waals surface area (Å²) in [6, 6.07) is 0. The molecule has 0 aromatic heterocycles. The third-order valence-electron chi connectivity index (χ3n) is 0.628. The molecule has 69 valence electrons. The van der Waals surface area contributed by atoms with E-state index < -0.39 is 24.3 Å². The van der Waals surface area contributed by atoms with Crippen molar-refractivity contribution in [2.75, 3.05) is 0 Å². The van der Waals surface area contributed by atoms with Crippen molar-refractivity contribution >= 4 is 11.8 Å². The van der Waals surface area contributed by atoms with Crippen LogP contribution in [0.5, 0.6) is 0 Å². The molecular weight excluding hydrogens is 217 g/mol. The molecule has 0 saturated heterocycles. The smallest absolute Gasteiger partial charge is 0.450 e. The molecule has 0 aliphatic rings. The van der Waals surface area contributed by atoms with Gasteiger partial charge >= 0.3 is 12.1 Å². The van der Waals surface area contributed by atoms with E-state index >= 15 is 0 Å². The molecule has 11 heavy (non-hydrogen) atoms. The molecule has 0 amide bonds. The van der Waals surface area contributed by atoms with Gasteiger partial charge in [0.05, 0.1) is 0 Å². The van der Waals surface area contributed by atoms with Gasteiger partial charge in [0.25, 0.3) is 0 Å². The molecular formula is C4H3CuF3O3. The maximum atomic E-state index is 11.2. The van der Waals surface area contributed by atoms with E-state index in [0.29, 0.717) is 0 Å². The molecule has 0 aromatic rings. The van der Waals surface area contributed by atoms with Crippen molar-refractivity contribution < 1.29 is 44.9 Å². The van der Waals surface area contributed by atoms with Crippen molar-refractivity contribution in [3.05, 3.63) is 0 Å². The predicted octanol–water partition coefficient (Wildman–Crippen LogP) is 0.590. The minimum absolute atomic E-state index is 0. The molecule has 0 aliphatic carbocycles. The molecule has 0 atom stereocenters. The number of hydrogen-bond donors (Lipinski definition) is 1. The Balaban J connectivity index is 0. The zero-order chi connectivity index (χ0) is 8.36. The average Bonchev–Trinajstić information content (AvgIpc) is 1.60. The minimum Gasteiger partial charge on any atom is -0.481 e. The van der Waals surface area contributed by atoms with Gasteiger partial charge in [-0.2, -0.15) is 13.2 Å². The van der Waals surface area contributed by atoms with Crippen LogP contribution in [0.3, 0.4) is 0 Å². The van der Waals surface area contributed by atoms with Crippen LogP contribution in [0.2, 0.25) is 0 Å². The van der Waals surface area contributed by atoms with Crippen LogP contribution < -0.4 is 0 Å². The van der Waals surface area contributed by atoms with E-state index in [0.717, 1.165) is 0 Å². The third-order valence-corrected chi connectivity index (χ3v) is 0.628. The van der Waals surface area contributed by atoms with E-state index in [2.05, 4.69) is 0 Å². The summed E-state index contributed by atoms with van der Waals surface area (Å²) in [4.78, 5) is 19.3. The van der Waals surface area contributed by atoms with E-state index in [4.69, 9.17) is 5.11 Å². The topological polar surface area (TPSA) is 54.4 Å². The molecule has 0 bridgehead atoms. The number of aliphatic carboxylic acids is 1. The summed E-state index contributed by atoms with van der Waals surface area (Å²) in [5.41, 5.74) is 0. The minimum atomic E-state index is -5.03. The first-order valence-corrected chi connectivity index (χ1v) is 2.16. The van der Waals surface area contributed by atoms with Crippen LogP contribution in [0.1, 0.15) is 6.42 Å². The Bertz CT molecular complexity index is 164. The molecule has 0 aliphatic heterocycles. The molecule has 0 heterocycles. The maximum absolute atomic E-state index is 11.2. The van der Waals surface area contributed by atoms with E-state index in [1.807, 2.05) is 0 Å². The Labute approximate surface area is 70.0 Å². The van der Waals surface area contributed by atoms with Gasteiger partial charge in [0, 0.05) is 17.1 Å². The van der Waals surface area contributed by atoms with Crippen molar-refractivity contribution in [3.63, 3.8) is 0 Å². The van der Waals surface area contributed by atoms with Gasteiger partial charge in [0.15, 0.2) is 0 Å². The number of carbonyl (C=O) groups excluding carboxylic acids is 1. The zero-order valence-electron chi connectivity index (χ0n) is 4.91. The monoisotopic (exact) mass is 219 g/mol. The molecule has 0 fully saturated rings. The Hall–Kier alpha value is -0.551. The fraction of sp³-hybridized carbons (Fsp3) is 0.500. The van der Waals surface area contributed by atoms with E-state index in [1.54, 1.807) is 0 Å². The van der Waals surface area contributed by atoms with Gasteiger partial charge in [-0.1, -0.05) is 0 Å². The fourth-order valence-electron chi connectivity index (χ4n) is 0.238. The van der Waals surface area contributed by atoms with Gasteiger partial charge < -0.3 is 5.11 Å². The number of alkyl halides is 3.